The van der Waals surface area contributed by atoms with Crippen molar-refractivity contribution in [2.24, 2.45) is 5.11 Å². The Morgan fingerprint density at radius 1 is 0.974 bits per heavy atom. The molecule has 0 amide bonds. The van der Waals surface area contributed by atoms with Gasteiger partial charge in [-0.1, -0.05) is 96.1 Å². The smallest absolute Gasteiger partial charge is 0.330 e. The van der Waals surface area contributed by atoms with Crippen LogP contribution in [-0.2, 0) is 15.1 Å². The molecule has 2 heterocycles. The number of aliphatic hydroxyl groups is 1. The van der Waals surface area contributed by atoms with Crippen molar-refractivity contribution < 1.29 is 14.6 Å². The van der Waals surface area contributed by atoms with Crippen LogP contribution >= 0.6 is 0 Å². The number of aromatic nitrogens is 2. The molecule has 0 saturated carbocycles. The number of ether oxygens (including phenoxy) is 2. The Morgan fingerprint density at radius 3 is 1.97 bits per heavy atom. The number of nitrogens with zero attached hydrogens (tertiary/aromatic N) is 4. The second-order valence-electron chi connectivity index (χ2n) is 9.32. The maximum absolute atomic E-state index is 12.5. The minimum atomic E-state index is -1.36. The van der Waals surface area contributed by atoms with E-state index >= 15 is 0 Å². The van der Waals surface area contributed by atoms with Gasteiger partial charge in [-0.3, -0.25) is 14.3 Å². The fourth-order valence-corrected chi connectivity index (χ4v) is 5.05. The lowest BCUT2D eigenvalue weighted by molar-refractivity contribution is -0.0884. The van der Waals surface area contributed by atoms with E-state index in [0.29, 0.717) is 0 Å². The number of hydrogen-bond donors (Lipinski definition) is 2. The van der Waals surface area contributed by atoms with E-state index in [0.717, 1.165) is 21.3 Å². The number of aromatic amines is 1. The van der Waals surface area contributed by atoms with Crippen LogP contribution in [-0.4, -0.2) is 39.5 Å². The zero-order valence-electron chi connectivity index (χ0n) is 21.1. The Bertz CT molecular complexity index is 1490. The zero-order chi connectivity index (χ0) is 27.4. The summed E-state index contributed by atoms with van der Waals surface area (Å²) in [7, 11) is 0. The fraction of sp³-hybridized carbons (Fsp3) is 0.241. The molecule has 4 atom stereocenters. The number of aryl methyl sites for hydroxylation is 1. The molecule has 198 valence electrons. The van der Waals surface area contributed by atoms with Gasteiger partial charge < -0.3 is 14.6 Å². The molecule has 39 heavy (non-hydrogen) atoms. The molecular formula is C29H27N5O5. The van der Waals surface area contributed by atoms with Gasteiger partial charge in [0.1, 0.15) is 11.7 Å². The average molecular weight is 526 g/mol. The van der Waals surface area contributed by atoms with Crippen LogP contribution in [0.2, 0.25) is 0 Å². The summed E-state index contributed by atoms with van der Waals surface area (Å²) in [6.45, 7) is 1.45. The average Bonchev–Trinajstić information content (AvgIpc) is 3.27. The van der Waals surface area contributed by atoms with Crippen molar-refractivity contribution in [2.45, 2.75) is 37.0 Å². The van der Waals surface area contributed by atoms with E-state index in [9.17, 15) is 20.2 Å². The molecule has 1 aliphatic heterocycles. The molecule has 0 spiro atoms. The van der Waals surface area contributed by atoms with Gasteiger partial charge in [0.2, 0.25) is 0 Å². The van der Waals surface area contributed by atoms with Gasteiger partial charge in [-0.2, -0.15) is 0 Å². The topological polar surface area (TPSA) is 142 Å². The van der Waals surface area contributed by atoms with Gasteiger partial charge in [-0.25, -0.2) is 4.79 Å². The van der Waals surface area contributed by atoms with Crippen LogP contribution in [0.5, 0.6) is 0 Å². The third-order valence-electron chi connectivity index (χ3n) is 6.95. The van der Waals surface area contributed by atoms with E-state index in [1.54, 1.807) is 0 Å². The highest BCUT2D eigenvalue weighted by molar-refractivity contribution is 5.47. The number of rotatable bonds is 8. The van der Waals surface area contributed by atoms with Crippen LogP contribution in [0.25, 0.3) is 10.4 Å². The lowest BCUT2D eigenvalue weighted by Crippen LogP contribution is -2.39. The number of azide groups is 1. The lowest BCUT2D eigenvalue weighted by Gasteiger charge is -2.37. The monoisotopic (exact) mass is 525 g/mol. The van der Waals surface area contributed by atoms with Gasteiger partial charge in [0.15, 0.2) is 6.23 Å². The van der Waals surface area contributed by atoms with E-state index in [-0.39, 0.29) is 12.2 Å². The molecule has 3 aromatic carbocycles. The predicted molar refractivity (Wildman–Crippen MR) is 144 cm³/mol. The minimum absolute atomic E-state index is 0.0903. The van der Waals surface area contributed by atoms with Crippen LogP contribution in [0.15, 0.2) is 112 Å². The predicted octanol–water partition coefficient (Wildman–Crippen LogP) is 3.79. The number of aliphatic hydroxyl groups excluding tert-OH is 1. The van der Waals surface area contributed by atoms with E-state index < -0.39 is 41.3 Å². The molecule has 0 radical (unpaired) electrons. The van der Waals surface area contributed by atoms with Gasteiger partial charge in [-0.15, -0.1) is 0 Å². The van der Waals surface area contributed by atoms with Gasteiger partial charge in [-0.05, 0) is 29.1 Å². The summed E-state index contributed by atoms with van der Waals surface area (Å²) in [5.74, 6) is 0. The summed E-state index contributed by atoms with van der Waals surface area (Å²) in [5, 5.41) is 14.9. The van der Waals surface area contributed by atoms with E-state index in [1.807, 2.05) is 91.0 Å². The number of nitrogens with one attached hydrogen (secondary N) is 1. The molecule has 1 saturated heterocycles. The van der Waals surface area contributed by atoms with Crippen LogP contribution in [0.3, 0.4) is 0 Å². The third kappa shape index (κ3) is 4.89. The fourth-order valence-electron chi connectivity index (χ4n) is 5.05. The van der Waals surface area contributed by atoms with Gasteiger partial charge in [0.25, 0.3) is 5.56 Å². The summed E-state index contributed by atoms with van der Waals surface area (Å²) < 4.78 is 14.0. The molecule has 1 fully saturated rings. The van der Waals surface area contributed by atoms with Crippen molar-refractivity contribution in [2.75, 3.05) is 6.61 Å². The van der Waals surface area contributed by atoms with Gasteiger partial charge >= 0.3 is 5.69 Å². The maximum Gasteiger partial charge on any atom is 0.330 e. The van der Waals surface area contributed by atoms with E-state index in [1.165, 1.54) is 13.1 Å². The SMILES string of the molecule is Cc1cn([C@@H]2O[C@H](COC(c3ccccc3)(c3ccccc3)c3ccccc3)[C@@H](N=[N+]=[N-])[C@H]2O)c(=O)[nH]c1=O. The zero-order valence-corrected chi connectivity index (χ0v) is 21.1. The molecule has 0 bridgehead atoms. The van der Waals surface area contributed by atoms with Crippen molar-refractivity contribution in [1.82, 2.24) is 9.55 Å². The number of benzene rings is 3. The highest BCUT2D eigenvalue weighted by Gasteiger charge is 2.47. The third-order valence-corrected chi connectivity index (χ3v) is 6.95. The van der Waals surface area contributed by atoms with Crippen molar-refractivity contribution >= 4 is 0 Å². The van der Waals surface area contributed by atoms with Crippen LogP contribution in [0.4, 0.5) is 0 Å². The molecule has 2 N–H and O–H groups in total. The first kappa shape index (κ1) is 26.1. The molecule has 0 aliphatic carbocycles. The van der Waals surface area contributed by atoms with E-state index in [2.05, 4.69) is 15.0 Å². The minimum Gasteiger partial charge on any atom is -0.388 e. The van der Waals surface area contributed by atoms with Crippen molar-refractivity contribution in [1.29, 1.82) is 0 Å². The first-order valence-electron chi connectivity index (χ1n) is 12.5. The Hall–Kier alpha value is -4.47. The second-order valence-corrected chi connectivity index (χ2v) is 9.32. The molecule has 0 unspecified atom stereocenters. The molecule has 1 aromatic heterocycles. The van der Waals surface area contributed by atoms with Crippen molar-refractivity contribution in [3.05, 3.63) is 151 Å². The quantitative estimate of drug-likeness (QED) is 0.156. The van der Waals surface area contributed by atoms with E-state index in [4.69, 9.17) is 9.47 Å². The van der Waals surface area contributed by atoms with Crippen LogP contribution < -0.4 is 11.2 Å². The molecular weight excluding hydrogens is 498 g/mol. The lowest BCUT2D eigenvalue weighted by atomic mass is 9.80. The highest BCUT2D eigenvalue weighted by atomic mass is 16.6. The second kappa shape index (κ2) is 11.1. The first-order chi connectivity index (χ1) is 19.0. The Morgan fingerprint density at radius 2 is 1.49 bits per heavy atom. The number of hydrogen-bond acceptors (Lipinski definition) is 6. The molecule has 1 aliphatic rings. The van der Waals surface area contributed by atoms with Crippen LogP contribution in [0.1, 0.15) is 28.5 Å². The largest absolute Gasteiger partial charge is 0.388 e. The van der Waals surface area contributed by atoms with Crippen molar-refractivity contribution in [3.63, 3.8) is 0 Å². The summed E-state index contributed by atoms with van der Waals surface area (Å²) in [5.41, 5.74) is 9.77. The standard InChI is InChI=1S/C29H27N5O5/c1-19-17-34(28(37)31-26(19)36)27-25(35)24(32-33-30)23(39-27)18-38-29(20-11-5-2-6-12-20,21-13-7-3-8-14-21)22-15-9-4-10-16-22/h2-17,23-25,27,35H,18H2,1H3,(H,31,36,37)/t23-,24-,25-,27-/m1/s1. The van der Waals surface area contributed by atoms with Gasteiger partial charge in [0, 0.05) is 16.7 Å². The van der Waals surface area contributed by atoms with Gasteiger partial charge in [0.05, 0.1) is 18.8 Å². The van der Waals surface area contributed by atoms with Crippen LogP contribution in [0, 0.1) is 6.92 Å². The molecule has 5 rings (SSSR count). The summed E-state index contributed by atoms with van der Waals surface area (Å²) in [6, 6.07) is 28.1. The summed E-state index contributed by atoms with van der Waals surface area (Å²) in [4.78, 5) is 29.5. The maximum atomic E-state index is 12.5. The molecule has 10 heteroatoms. The number of H-pyrrole nitrogens is 1. The Kier molecular flexibility index (Phi) is 7.44. The summed E-state index contributed by atoms with van der Waals surface area (Å²) >= 11 is 0. The molecule has 10 nitrogen and oxygen atoms in total. The molecule has 4 aromatic rings. The highest BCUT2D eigenvalue weighted by Crippen LogP contribution is 2.42. The normalized spacial score (nSPS) is 20.9. The van der Waals surface area contributed by atoms with Crippen molar-refractivity contribution in [3.8, 4) is 0 Å². The summed E-state index contributed by atoms with van der Waals surface area (Å²) in [6.07, 6.45) is -2.16. The Labute approximate surface area is 223 Å². The first-order valence-corrected chi connectivity index (χ1v) is 12.5. The Balaban J connectivity index is 1.57.